The van der Waals surface area contributed by atoms with Crippen molar-refractivity contribution < 1.29 is 18.8 Å². The van der Waals surface area contributed by atoms with E-state index in [-0.39, 0.29) is 17.3 Å². The zero-order chi connectivity index (χ0) is 18.0. The van der Waals surface area contributed by atoms with Gasteiger partial charge in [-0.15, -0.1) is 0 Å². The molecule has 1 aliphatic heterocycles. The average Bonchev–Trinajstić information content (AvgIpc) is 3.02. The molecular formula is C17H16FN3O4. The number of benzene rings is 2. The number of nitrogens with one attached hydrogen (secondary N) is 1. The lowest BCUT2D eigenvalue weighted by Gasteiger charge is -2.20. The first-order chi connectivity index (χ1) is 12.0. The van der Waals surface area contributed by atoms with Gasteiger partial charge < -0.3 is 15.0 Å². The molecule has 0 saturated carbocycles. The van der Waals surface area contributed by atoms with E-state index in [0.29, 0.717) is 30.1 Å². The molecule has 7 nitrogen and oxygen atoms in total. The van der Waals surface area contributed by atoms with Crippen molar-refractivity contribution in [2.45, 2.75) is 12.8 Å². The van der Waals surface area contributed by atoms with Gasteiger partial charge in [0.2, 0.25) is 5.91 Å². The van der Waals surface area contributed by atoms with Crippen molar-refractivity contribution >= 4 is 28.7 Å². The Hall–Kier alpha value is -3.16. The molecule has 0 unspecified atom stereocenters. The molecule has 0 radical (unpaired) electrons. The second kappa shape index (κ2) is 6.76. The van der Waals surface area contributed by atoms with Crippen LogP contribution in [0.5, 0.6) is 5.75 Å². The van der Waals surface area contributed by atoms with Crippen LogP contribution in [0.1, 0.15) is 12.8 Å². The third kappa shape index (κ3) is 3.37. The number of carbonyl (C=O) groups excluding carboxylic acids is 1. The van der Waals surface area contributed by atoms with Gasteiger partial charge in [0.1, 0.15) is 17.3 Å². The van der Waals surface area contributed by atoms with Gasteiger partial charge in [0.05, 0.1) is 23.8 Å². The number of amides is 1. The molecule has 3 rings (SSSR count). The number of rotatable bonds is 5. The van der Waals surface area contributed by atoms with E-state index in [0.717, 1.165) is 18.6 Å². The van der Waals surface area contributed by atoms with Crippen molar-refractivity contribution in [1.82, 2.24) is 0 Å². The van der Waals surface area contributed by atoms with Gasteiger partial charge in [0.25, 0.3) is 5.69 Å². The number of nitrogens with zero attached hydrogens (tertiary/aromatic N) is 2. The van der Waals surface area contributed by atoms with E-state index >= 15 is 0 Å². The average molecular weight is 345 g/mol. The normalized spacial score (nSPS) is 13.8. The van der Waals surface area contributed by atoms with E-state index < -0.39 is 10.7 Å². The largest absolute Gasteiger partial charge is 0.495 e. The molecule has 25 heavy (non-hydrogen) atoms. The van der Waals surface area contributed by atoms with Gasteiger partial charge in [-0.25, -0.2) is 4.39 Å². The minimum atomic E-state index is -0.685. The molecular weight excluding hydrogens is 329 g/mol. The summed E-state index contributed by atoms with van der Waals surface area (Å²) in [5, 5.41) is 14.0. The number of hydrogen-bond donors (Lipinski definition) is 1. The van der Waals surface area contributed by atoms with Crippen molar-refractivity contribution in [2.75, 3.05) is 23.9 Å². The summed E-state index contributed by atoms with van der Waals surface area (Å²) in [5.74, 6) is -0.145. The first-order valence-electron chi connectivity index (χ1n) is 7.69. The number of nitro groups is 1. The second-order valence-electron chi connectivity index (χ2n) is 5.58. The number of nitro benzene ring substituents is 1. The van der Waals surface area contributed by atoms with E-state index in [4.69, 9.17) is 4.74 Å². The molecule has 2 aromatic rings. The molecule has 1 aliphatic rings. The molecule has 1 saturated heterocycles. The standard InChI is InChI=1S/C17H16FN3O4/c1-25-16-7-5-12(10-15(16)20-8-2-3-17(20)22)19-13-6-4-11(18)9-14(13)21(23)24/h4-7,9-10,19H,2-3,8H2,1H3. The van der Waals surface area contributed by atoms with Crippen molar-refractivity contribution in [2.24, 2.45) is 0 Å². The predicted molar refractivity (Wildman–Crippen MR) is 90.9 cm³/mol. The Labute approximate surface area is 143 Å². The van der Waals surface area contributed by atoms with E-state index in [1.54, 1.807) is 23.1 Å². The maximum atomic E-state index is 13.3. The molecule has 0 spiro atoms. The fourth-order valence-electron chi connectivity index (χ4n) is 2.80. The van der Waals surface area contributed by atoms with Crippen LogP contribution in [0.2, 0.25) is 0 Å². The van der Waals surface area contributed by atoms with Crippen molar-refractivity contribution in [3.8, 4) is 5.75 Å². The van der Waals surface area contributed by atoms with Crippen molar-refractivity contribution in [3.63, 3.8) is 0 Å². The lowest BCUT2D eigenvalue weighted by Crippen LogP contribution is -2.24. The number of ether oxygens (including phenoxy) is 1. The van der Waals surface area contributed by atoms with E-state index in [2.05, 4.69) is 5.32 Å². The Balaban J connectivity index is 1.96. The van der Waals surface area contributed by atoms with E-state index in [9.17, 15) is 19.3 Å². The van der Waals surface area contributed by atoms with Crippen LogP contribution in [0.15, 0.2) is 36.4 Å². The summed E-state index contributed by atoms with van der Waals surface area (Å²) in [6.07, 6.45) is 1.24. The minimum absolute atomic E-state index is 0.00297. The van der Waals surface area contributed by atoms with Gasteiger partial charge in [-0.05, 0) is 36.8 Å². The molecule has 0 bridgehead atoms. The van der Waals surface area contributed by atoms with E-state index in [1.807, 2.05) is 0 Å². The summed E-state index contributed by atoms with van der Waals surface area (Å²) < 4.78 is 18.6. The maximum Gasteiger partial charge on any atom is 0.295 e. The summed E-state index contributed by atoms with van der Waals surface area (Å²) in [7, 11) is 1.51. The Bertz CT molecular complexity index is 841. The van der Waals surface area contributed by atoms with Gasteiger partial charge in [0, 0.05) is 18.7 Å². The molecule has 1 fully saturated rings. The number of methoxy groups -OCH3 is 1. The Kier molecular flexibility index (Phi) is 4.51. The second-order valence-corrected chi connectivity index (χ2v) is 5.58. The lowest BCUT2D eigenvalue weighted by atomic mass is 10.2. The summed E-state index contributed by atoms with van der Waals surface area (Å²) in [4.78, 5) is 24.1. The van der Waals surface area contributed by atoms with Crippen LogP contribution >= 0.6 is 0 Å². The Morgan fingerprint density at radius 2 is 2.08 bits per heavy atom. The zero-order valence-corrected chi connectivity index (χ0v) is 13.5. The minimum Gasteiger partial charge on any atom is -0.495 e. The van der Waals surface area contributed by atoms with Crippen LogP contribution in [0.25, 0.3) is 0 Å². The highest BCUT2D eigenvalue weighted by Crippen LogP contribution is 2.36. The van der Waals surface area contributed by atoms with Crippen LogP contribution in [0, 0.1) is 15.9 Å². The summed E-state index contributed by atoms with van der Waals surface area (Å²) in [6, 6.07) is 8.35. The first kappa shape index (κ1) is 16.7. The highest BCUT2D eigenvalue weighted by atomic mass is 19.1. The Morgan fingerprint density at radius 1 is 1.28 bits per heavy atom. The Morgan fingerprint density at radius 3 is 2.72 bits per heavy atom. The molecule has 0 aromatic heterocycles. The quantitative estimate of drug-likeness (QED) is 0.661. The van der Waals surface area contributed by atoms with Crippen LogP contribution in [0.4, 0.5) is 27.1 Å². The molecule has 1 amide bonds. The zero-order valence-electron chi connectivity index (χ0n) is 13.5. The lowest BCUT2D eigenvalue weighted by molar-refractivity contribution is -0.384. The van der Waals surface area contributed by atoms with Gasteiger partial charge in [-0.2, -0.15) is 0 Å². The monoisotopic (exact) mass is 345 g/mol. The van der Waals surface area contributed by atoms with Crippen LogP contribution in [-0.2, 0) is 4.79 Å². The number of hydrogen-bond acceptors (Lipinski definition) is 5. The fourth-order valence-corrected chi connectivity index (χ4v) is 2.80. The SMILES string of the molecule is COc1ccc(Nc2ccc(F)cc2[N+](=O)[O-])cc1N1CCCC1=O. The summed E-state index contributed by atoms with van der Waals surface area (Å²) >= 11 is 0. The molecule has 130 valence electrons. The topological polar surface area (TPSA) is 84.7 Å². The van der Waals surface area contributed by atoms with E-state index in [1.165, 1.54) is 13.2 Å². The molecule has 1 heterocycles. The first-order valence-corrected chi connectivity index (χ1v) is 7.69. The van der Waals surface area contributed by atoms with Gasteiger partial charge in [-0.1, -0.05) is 0 Å². The van der Waals surface area contributed by atoms with Crippen molar-refractivity contribution in [3.05, 3.63) is 52.3 Å². The van der Waals surface area contributed by atoms with Crippen LogP contribution in [-0.4, -0.2) is 24.5 Å². The van der Waals surface area contributed by atoms with Gasteiger partial charge in [-0.3, -0.25) is 14.9 Å². The fraction of sp³-hybridized carbons (Fsp3) is 0.235. The molecule has 8 heteroatoms. The predicted octanol–water partition coefficient (Wildman–Crippen LogP) is 3.61. The van der Waals surface area contributed by atoms with Crippen LogP contribution < -0.4 is 15.0 Å². The molecule has 0 atom stereocenters. The number of carbonyl (C=O) groups is 1. The van der Waals surface area contributed by atoms with Gasteiger partial charge in [0.15, 0.2) is 0 Å². The number of halogens is 1. The highest BCUT2D eigenvalue weighted by molar-refractivity contribution is 5.97. The maximum absolute atomic E-state index is 13.3. The van der Waals surface area contributed by atoms with Gasteiger partial charge >= 0.3 is 0 Å². The molecule has 2 aromatic carbocycles. The summed E-state index contributed by atoms with van der Waals surface area (Å²) in [6.45, 7) is 0.593. The molecule has 1 N–H and O–H groups in total. The number of anilines is 3. The smallest absolute Gasteiger partial charge is 0.295 e. The molecule has 0 aliphatic carbocycles. The van der Waals surface area contributed by atoms with Crippen molar-refractivity contribution in [1.29, 1.82) is 0 Å². The third-order valence-electron chi connectivity index (χ3n) is 3.98. The van der Waals surface area contributed by atoms with Crippen LogP contribution in [0.3, 0.4) is 0 Å². The highest BCUT2D eigenvalue weighted by Gasteiger charge is 2.25. The summed E-state index contributed by atoms with van der Waals surface area (Å²) in [5.41, 5.74) is 0.926. The third-order valence-corrected chi connectivity index (χ3v) is 3.98.